The fraction of sp³-hybridized carbons (Fsp3) is 0.778. The molecule has 1 fully saturated rings. The van der Waals surface area contributed by atoms with E-state index >= 15 is 0 Å². The molecule has 7 heteroatoms. The molecule has 0 saturated carbocycles. The van der Waals surface area contributed by atoms with Gasteiger partial charge in [-0.15, -0.1) is 0 Å². The first-order chi connectivity index (χ1) is 7.38. The molecule has 0 aromatic heterocycles. The Kier molecular flexibility index (Phi) is 4.28. The summed E-state index contributed by atoms with van der Waals surface area (Å²) in [6.45, 7) is -1.69. The molecule has 0 bridgehead atoms. The van der Waals surface area contributed by atoms with Crippen molar-refractivity contribution >= 4 is 11.7 Å². The molecule has 0 N–H and O–H groups in total. The van der Waals surface area contributed by atoms with Crippen LogP contribution in [0.2, 0.25) is 0 Å². The van der Waals surface area contributed by atoms with E-state index in [-0.39, 0.29) is 12.3 Å². The van der Waals surface area contributed by atoms with Crippen molar-refractivity contribution in [2.24, 2.45) is 0 Å². The summed E-state index contributed by atoms with van der Waals surface area (Å²) >= 11 is 0. The van der Waals surface area contributed by atoms with Gasteiger partial charge in [0.25, 0.3) is 0 Å². The van der Waals surface area contributed by atoms with Crippen LogP contribution in [0, 0.1) is 0 Å². The van der Waals surface area contributed by atoms with Gasteiger partial charge in [0.05, 0.1) is 6.54 Å². The summed E-state index contributed by atoms with van der Waals surface area (Å²) in [5.41, 5.74) is 0. The Morgan fingerprint density at radius 2 is 2.12 bits per heavy atom. The zero-order chi connectivity index (χ0) is 12.2. The maximum atomic E-state index is 11.7. The van der Waals surface area contributed by atoms with E-state index in [1.807, 2.05) is 0 Å². The number of halogens is 3. The molecule has 16 heavy (non-hydrogen) atoms. The van der Waals surface area contributed by atoms with Crippen molar-refractivity contribution in [3.05, 3.63) is 0 Å². The van der Waals surface area contributed by atoms with Crippen LogP contribution in [0.5, 0.6) is 0 Å². The molecule has 1 rings (SSSR count). The van der Waals surface area contributed by atoms with Gasteiger partial charge in [-0.25, -0.2) is 0 Å². The van der Waals surface area contributed by atoms with Crippen LogP contribution in [-0.2, 0) is 14.3 Å². The second kappa shape index (κ2) is 5.29. The van der Waals surface area contributed by atoms with Crippen molar-refractivity contribution in [2.75, 3.05) is 26.3 Å². The van der Waals surface area contributed by atoms with Gasteiger partial charge in [-0.3, -0.25) is 9.59 Å². The topological polar surface area (TPSA) is 46.6 Å². The highest BCUT2D eigenvalue weighted by atomic mass is 19.4. The Morgan fingerprint density at radius 3 is 2.69 bits per heavy atom. The molecule has 0 aliphatic carbocycles. The zero-order valence-electron chi connectivity index (χ0n) is 8.55. The summed E-state index contributed by atoms with van der Waals surface area (Å²) in [6, 6.07) is 0. The molecule has 0 unspecified atom stereocenters. The highest BCUT2D eigenvalue weighted by molar-refractivity contribution is 5.87. The normalized spacial score (nSPS) is 17.7. The maximum Gasteiger partial charge on any atom is 0.411 e. The lowest BCUT2D eigenvalue weighted by Gasteiger charge is -2.25. The first-order valence-electron chi connectivity index (χ1n) is 4.82. The molecular weight excluding hydrogens is 227 g/mol. The van der Waals surface area contributed by atoms with E-state index in [0.29, 0.717) is 19.4 Å². The second-order valence-electron chi connectivity index (χ2n) is 3.57. The van der Waals surface area contributed by atoms with Crippen molar-refractivity contribution < 1.29 is 27.5 Å². The Balaban J connectivity index is 2.27. The minimum atomic E-state index is -4.43. The molecule has 1 saturated heterocycles. The molecule has 0 aromatic carbocycles. The number of amides is 1. The number of alkyl halides is 3. The average molecular weight is 239 g/mol. The predicted molar refractivity (Wildman–Crippen MR) is 47.7 cm³/mol. The van der Waals surface area contributed by atoms with Gasteiger partial charge in [0, 0.05) is 13.0 Å². The second-order valence-corrected chi connectivity index (χ2v) is 3.57. The van der Waals surface area contributed by atoms with Gasteiger partial charge < -0.3 is 9.64 Å². The van der Waals surface area contributed by atoms with Gasteiger partial charge in [-0.05, 0) is 6.42 Å². The van der Waals surface area contributed by atoms with E-state index in [1.165, 1.54) is 4.90 Å². The Labute approximate surface area is 90.3 Å². The number of Topliss-reactive ketones (excluding diaryl/α,β-unsaturated/α-hetero) is 1. The smallest absolute Gasteiger partial charge is 0.362 e. The summed E-state index contributed by atoms with van der Waals surface area (Å²) < 4.78 is 39.3. The summed E-state index contributed by atoms with van der Waals surface area (Å²) in [7, 11) is 0. The minimum Gasteiger partial charge on any atom is -0.362 e. The number of likely N-dealkylation sites (tertiary alicyclic amines) is 1. The number of ether oxygens (including phenoxy) is 1. The van der Waals surface area contributed by atoms with E-state index in [9.17, 15) is 22.8 Å². The SMILES string of the molecule is O=C1CCCN(C(=O)COCC(F)(F)F)C1. The van der Waals surface area contributed by atoms with E-state index in [4.69, 9.17) is 0 Å². The quantitative estimate of drug-likeness (QED) is 0.730. The maximum absolute atomic E-state index is 11.7. The third kappa shape index (κ3) is 4.61. The number of ketones is 1. The summed E-state index contributed by atoms with van der Waals surface area (Å²) in [6.07, 6.45) is -3.45. The van der Waals surface area contributed by atoms with Crippen molar-refractivity contribution in [2.45, 2.75) is 19.0 Å². The predicted octanol–water partition coefficient (Wildman–Crippen LogP) is 0.757. The number of hydrogen-bond acceptors (Lipinski definition) is 3. The van der Waals surface area contributed by atoms with Crippen LogP contribution >= 0.6 is 0 Å². The number of hydrogen-bond donors (Lipinski definition) is 0. The summed E-state index contributed by atoms with van der Waals surface area (Å²) in [5.74, 6) is -0.646. The first-order valence-corrected chi connectivity index (χ1v) is 4.82. The van der Waals surface area contributed by atoms with Crippen LogP contribution in [0.15, 0.2) is 0 Å². The fourth-order valence-corrected chi connectivity index (χ4v) is 1.40. The van der Waals surface area contributed by atoms with Gasteiger partial charge in [-0.2, -0.15) is 13.2 Å². The molecular formula is C9H12F3NO3. The number of rotatable bonds is 3. The highest BCUT2D eigenvalue weighted by Gasteiger charge is 2.28. The fourth-order valence-electron chi connectivity index (χ4n) is 1.40. The number of carbonyl (C=O) groups is 2. The van der Waals surface area contributed by atoms with Crippen LogP contribution in [0.3, 0.4) is 0 Å². The van der Waals surface area contributed by atoms with Crippen molar-refractivity contribution in [1.82, 2.24) is 4.90 Å². The van der Waals surface area contributed by atoms with E-state index in [1.54, 1.807) is 0 Å². The molecule has 92 valence electrons. The van der Waals surface area contributed by atoms with Crippen LogP contribution in [0.1, 0.15) is 12.8 Å². The molecule has 0 radical (unpaired) electrons. The number of piperidine rings is 1. The minimum absolute atomic E-state index is 0.0196. The molecule has 1 aliphatic rings. The van der Waals surface area contributed by atoms with Crippen LogP contribution in [-0.4, -0.2) is 49.1 Å². The molecule has 1 aliphatic heterocycles. The lowest BCUT2D eigenvalue weighted by Crippen LogP contribution is -2.42. The molecule has 0 atom stereocenters. The van der Waals surface area contributed by atoms with Crippen LogP contribution < -0.4 is 0 Å². The van der Waals surface area contributed by atoms with Crippen molar-refractivity contribution in [3.63, 3.8) is 0 Å². The number of carbonyl (C=O) groups excluding carboxylic acids is 2. The Hall–Kier alpha value is -1.11. The molecule has 4 nitrogen and oxygen atoms in total. The van der Waals surface area contributed by atoms with Gasteiger partial charge >= 0.3 is 6.18 Å². The standard InChI is InChI=1S/C9H12F3NO3/c10-9(11,12)6-16-5-8(15)13-3-1-2-7(14)4-13/h1-6H2. The zero-order valence-corrected chi connectivity index (χ0v) is 8.55. The van der Waals surface area contributed by atoms with E-state index < -0.39 is 25.3 Å². The first kappa shape index (κ1) is 13.0. The Bertz CT molecular complexity index is 278. The van der Waals surface area contributed by atoms with Crippen molar-refractivity contribution in [3.8, 4) is 0 Å². The molecule has 0 spiro atoms. The molecule has 0 aromatic rings. The van der Waals surface area contributed by atoms with Gasteiger partial charge in [0.2, 0.25) is 5.91 Å². The van der Waals surface area contributed by atoms with Gasteiger partial charge in [0.15, 0.2) is 5.78 Å². The van der Waals surface area contributed by atoms with Gasteiger partial charge in [-0.1, -0.05) is 0 Å². The third-order valence-corrected chi connectivity index (χ3v) is 2.09. The molecule has 1 heterocycles. The monoisotopic (exact) mass is 239 g/mol. The Morgan fingerprint density at radius 1 is 1.44 bits per heavy atom. The summed E-state index contributed by atoms with van der Waals surface area (Å²) in [5, 5.41) is 0. The number of nitrogens with zero attached hydrogens (tertiary/aromatic N) is 1. The van der Waals surface area contributed by atoms with E-state index in [2.05, 4.69) is 4.74 Å². The summed E-state index contributed by atoms with van der Waals surface area (Å²) in [4.78, 5) is 23.5. The van der Waals surface area contributed by atoms with Crippen LogP contribution in [0.25, 0.3) is 0 Å². The lowest BCUT2D eigenvalue weighted by atomic mass is 10.1. The van der Waals surface area contributed by atoms with Gasteiger partial charge in [0.1, 0.15) is 13.2 Å². The largest absolute Gasteiger partial charge is 0.411 e. The van der Waals surface area contributed by atoms with Crippen LogP contribution in [0.4, 0.5) is 13.2 Å². The lowest BCUT2D eigenvalue weighted by molar-refractivity contribution is -0.178. The molecule has 1 amide bonds. The van der Waals surface area contributed by atoms with E-state index in [0.717, 1.165) is 0 Å². The average Bonchev–Trinajstić information content (AvgIpc) is 2.15. The third-order valence-electron chi connectivity index (χ3n) is 2.09. The van der Waals surface area contributed by atoms with Crippen molar-refractivity contribution in [1.29, 1.82) is 0 Å². The highest BCUT2D eigenvalue weighted by Crippen LogP contribution is 2.14.